The number of aryl methyl sites for hydroxylation is 2. The van der Waals surface area contributed by atoms with Gasteiger partial charge in [0.05, 0.1) is 5.69 Å². The highest BCUT2D eigenvalue weighted by Crippen LogP contribution is 2.15. The highest BCUT2D eigenvalue weighted by atomic mass is 15.6. The standard InChI is InChI=1S/C9H11N5/c1-6-3-4-8(7(2)5-6)14-9(10)11-12-13-14/h3-5H,1-2H3,(H2,10,11,13). The zero-order valence-corrected chi connectivity index (χ0v) is 8.10. The Hall–Kier alpha value is -1.91. The zero-order valence-electron chi connectivity index (χ0n) is 8.10. The Morgan fingerprint density at radius 3 is 2.64 bits per heavy atom. The van der Waals surface area contributed by atoms with E-state index in [4.69, 9.17) is 5.73 Å². The van der Waals surface area contributed by atoms with Crippen molar-refractivity contribution in [3.63, 3.8) is 0 Å². The number of hydrogen-bond donors (Lipinski definition) is 1. The Bertz CT molecular complexity index is 460. The van der Waals surface area contributed by atoms with E-state index in [0.29, 0.717) is 5.95 Å². The van der Waals surface area contributed by atoms with Crippen molar-refractivity contribution in [2.75, 3.05) is 5.73 Å². The zero-order chi connectivity index (χ0) is 10.1. The first kappa shape index (κ1) is 8.68. The third-order valence-corrected chi connectivity index (χ3v) is 2.07. The van der Waals surface area contributed by atoms with E-state index in [1.54, 1.807) is 0 Å². The average molecular weight is 189 g/mol. The van der Waals surface area contributed by atoms with E-state index in [-0.39, 0.29) is 0 Å². The molecule has 2 aromatic rings. The van der Waals surface area contributed by atoms with Gasteiger partial charge in [0.25, 0.3) is 0 Å². The second kappa shape index (κ2) is 3.10. The Labute approximate surface area is 81.5 Å². The van der Waals surface area contributed by atoms with E-state index in [1.165, 1.54) is 10.2 Å². The van der Waals surface area contributed by atoms with Crippen LogP contribution in [0.5, 0.6) is 0 Å². The minimum Gasteiger partial charge on any atom is -0.366 e. The quantitative estimate of drug-likeness (QED) is 0.722. The van der Waals surface area contributed by atoms with E-state index in [2.05, 4.69) is 21.6 Å². The molecule has 1 aromatic heterocycles. The molecule has 0 spiro atoms. The van der Waals surface area contributed by atoms with Gasteiger partial charge in [-0.3, -0.25) is 0 Å². The van der Waals surface area contributed by atoms with Gasteiger partial charge < -0.3 is 5.73 Å². The number of nitrogens with two attached hydrogens (primary N) is 1. The maximum atomic E-state index is 5.61. The molecule has 2 N–H and O–H groups in total. The average Bonchev–Trinajstić information content (AvgIpc) is 2.52. The summed E-state index contributed by atoms with van der Waals surface area (Å²) >= 11 is 0. The van der Waals surface area contributed by atoms with Crippen molar-refractivity contribution in [1.29, 1.82) is 0 Å². The minimum atomic E-state index is 0.303. The number of nitrogens with zero attached hydrogens (tertiary/aromatic N) is 4. The molecule has 2 rings (SSSR count). The molecule has 0 aliphatic heterocycles. The number of tetrazole rings is 1. The summed E-state index contributed by atoms with van der Waals surface area (Å²) in [6, 6.07) is 6.03. The Kier molecular flexibility index (Phi) is 1.92. The van der Waals surface area contributed by atoms with E-state index in [0.717, 1.165) is 11.3 Å². The molecule has 0 saturated carbocycles. The second-order valence-corrected chi connectivity index (χ2v) is 3.24. The van der Waals surface area contributed by atoms with E-state index < -0.39 is 0 Å². The number of anilines is 1. The lowest BCUT2D eigenvalue weighted by atomic mass is 10.1. The summed E-state index contributed by atoms with van der Waals surface area (Å²) in [6.45, 7) is 4.04. The van der Waals surface area contributed by atoms with E-state index in [9.17, 15) is 0 Å². The Morgan fingerprint density at radius 2 is 2.07 bits per heavy atom. The van der Waals surface area contributed by atoms with Crippen LogP contribution in [0.15, 0.2) is 18.2 Å². The van der Waals surface area contributed by atoms with Crippen molar-refractivity contribution in [1.82, 2.24) is 20.2 Å². The van der Waals surface area contributed by atoms with Crippen molar-refractivity contribution in [3.8, 4) is 5.69 Å². The van der Waals surface area contributed by atoms with Gasteiger partial charge in [-0.15, -0.1) is 0 Å². The van der Waals surface area contributed by atoms with Gasteiger partial charge >= 0.3 is 0 Å². The topological polar surface area (TPSA) is 69.6 Å². The molecule has 0 radical (unpaired) electrons. The number of benzene rings is 1. The molecule has 1 heterocycles. The molecule has 0 aliphatic carbocycles. The molecule has 5 heteroatoms. The van der Waals surface area contributed by atoms with Crippen LogP contribution in [0.3, 0.4) is 0 Å². The monoisotopic (exact) mass is 189 g/mol. The van der Waals surface area contributed by atoms with Gasteiger partial charge in [-0.1, -0.05) is 22.8 Å². The lowest BCUT2D eigenvalue weighted by Crippen LogP contribution is -2.04. The van der Waals surface area contributed by atoms with Crippen LogP contribution in [0.25, 0.3) is 5.69 Å². The van der Waals surface area contributed by atoms with Crippen LogP contribution < -0.4 is 5.73 Å². The fraction of sp³-hybridized carbons (Fsp3) is 0.222. The largest absolute Gasteiger partial charge is 0.366 e. The molecule has 0 aliphatic rings. The molecule has 0 fully saturated rings. The van der Waals surface area contributed by atoms with Gasteiger partial charge in [0, 0.05) is 0 Å². The molecule has 5 nitrogen and oxygen atoms in total. The van der Waals surface area contributed by atoms with Gasteiger partial charge in [0.1, 0.15) is 0 Å². The minimum absolute atomic E-state index is 0.303. The predicted octanol–water partition coefficient (Wildman–Crippen LogP) is 0.861. The van der Waals surface area contributed by atoms with Crippen molar-refractivity contribution in [2.24, 2.45) is 0 Å². The van der Waals surface area contributed by atoms with Gasteiger partial charge in [-0.25, -0.2) is 0 Å². The van der Waals surface area contributed by atoms with Crippen LogP contribution in [0.4, 0.5) is 5.95 Å². The van der Waals surface area contributed by atoms with Crippen LogP contribution in [-0.2, 0) is 0 Å². The lowest BCUT2D eigenvalue weighted by Gasteiger charge is -2.05. The third-order valence-electron chi connectivity index (χ3n) is 2.07. The molecule has 0 saturated heterocycles. The lowest BCUT2D eigenvalue weighted by molar-refractivity contribution is 0.788. The highest BCUT2D eigenvalue weighted by Gasteiger charge is 2.06. The fourth-order valence-electron chi connectivity index (χ4n) is 1.41. The van der Waals surface area contributed by atoms with Crippen molar-refractivity contribution in [2.45, 2.75) is 13.8 Å². The van der Waals surface area contributed by atoms with Crippen LogP contribution >= 0.6 is 0 Å². The summed E-state index contributed by atoms with van der Waals surface area (Å²) in [5, 5.41) is 10.9. The summed E-state index contributed by atoms with van der Waals surface area (Å²) in [7, 11) is 0. The first-order chi connectivity index (χ1) is 6.68. The molecule has 1 aromatic carbocycles. The van der Waals surface area contributed by atoms with Gasteiger partial charge in [0.2, 0.25) is 5.95 Å². The fourth-order valence-corrected chi connectivity index (χ4v) is 1.41. The van der Waals surface area contributed by atoms with Gasteiger partial charge in [0.15, 0.2) is 0 Å². The first-order valence-corrected chi connectivity index (χ1v) is 4.30. The molecular formula is C9H11N5. The predicted molar refractivity (Wildman–Crippen MR) is 53.0 cm³/mol. The van der Waals surface area contributed by atoms with Gasteiger partial charge in [-0.05, 0) is 35.9 Å². The molecule has 0 unspecified atom stereocenters. The summed E-state index contributed by atoms with van der Waals surface area (Å²) in [5.74, 6) is 0.303. The molecule has 14 heavy (non-hydrogen) atoms. The van der Waals surface area contributed by atoms with Crippen molar-refractivity contribution < 1.29 is 0 Å². The van der Waals surface area contributed by atoms with Crippen LogP contribution in [-0.4, -0.2) is 20.2 Å². The van der Waals surface area contributed by atoms with Crippen LogP contribution in [0, 0.1) is 13.8 Å². The van der Waals surface area contributed by atoms with Crippen LogP contribution in [0.2, 0.25) is 0 Å². The second-order valence-electron chi connectivity index (χ2n) is 3.24. The smallest absolute Gasteiger partial charge is 0.245 e. The SMILES string of the molecule is Cc1ccc(-n2nnnc2N)c(C)c1. The summed E-state index contributed by atoms with van der Waals surface area (Å²) < 4.78 is 1.52. The molecule has 0 amide bonds. The summed E-state index contributed by atoms with van der Waals surface area (Å²) in [4.78, 5) is 0. The Morgan fingerprint density at radius 1 is 1.29 bits per heavy atom. The maximum absolute atomic E-state index is 5.61. The van der Waals surface area contributed by atoms with Gasteiger partial charge in [-0.2, -0.15) is 4.68 Å². The Balaban J connectivity index is 2.58. The maximum Gasteiger partial charge on any atom is 0.245 e. The number of rotatable bonds is 1. The number of nitrogen functional groups attached to an aromatic ring is 1. The third kappa shape index (κ3) is 1.32. The number of hydrogen-bond acceptors (Lipinski definition) is 4. The van der Waals surface area contributed by atoms with Crippen LogP contribution in [0.1, 0.15) is 11.1 Å². The summed E-state index contributed by atoms with van der Waals surface area (Å²) in [5.41, 5.74) is 8.83. The van der Waals surface area contributed by atoms with E-state index >= 15 is 0 Å². The normalized spacial score (nSPS) is 10.4. The number of aromatic nitrogens is 4. The molecule has 0 atom stereocenters. The summed E-state index contributed by atoms with van der Waals surface area (Å²) in [6.07, 6.45) is 0. The van der Waals surface area contributed by atoms with Crippen molar-refractivity contribution in [3.05, 3.63) is 29.3 Å². The highest BCUT2D eigenvalue weighted by molar-refractivity contribution is 5.44. The molecule has 0 bridgehead atoms. The first-order valence-electron chi connectivity index (χ1n) is 4.30. The van der Waals surface area contributed by atoms with Crippen molar-refractivity contribution >= 4 is 5.95 Å². The molecular weight excluding hydrogens is 178 g/mol. The molecule has 72 valence electrons. The van der Waals surface area contributed by atoms with E-state index in [1.807, 2.05) is 26.0 Å².